The first-order valence-corrected chi connectivity index (χ1v) is 5.87. The van der Waals surface area contributed by atoms with E-state index in [9.17, 15) is 0 Å². The number of nitrogens with zero attached hydrogens (tertiary/aromatic N) is 2. The fourth-order valence-electron chi connectivity index (χ4n) is 1.58. The molecule has 0 aliphatic heterocycles. The van der Waals surface area contributed by atoms with Gasteiger partial charge in [-0.2, -0.15) is 0 Å². The van der Waals surface area contributed by atoms with Crippen LogP contribution < -0.4 is 10.1 Å². The van der Waals surface area contributed by atoms with E-state index in [2.05, 4.69) is 22.2 Å². The number of aromatic nitrogens is 2. The summed E-state index contributed by atoms with van der Waals surface area (Å²) in [5.74, 6) is 0.550. The van der Waals surface area contributed by atoms with Gasteiger partial charge in [0.25, 0.3) is 0 Å². The lowest BCUT2D eigenvalue weighted by Gasteiger charge is -2.17. The minimum Gasteiger partial charge on any atom is -0.480 e. The summed E-state index contributed by atoms with van der Waals surface area (Å²) in [5, 5.41) is 3.42. The highest BCUT2D eigenvalue weighted by atomic mass is 16.5. The van der Waals surface area contributed by atoms with Crippen molar-refractivity contribution < 1.29 is 9.47 Å². The average Bonchev–Trinajstić information content (AvgIpc) is 2.36. The van der Waals surface area contributed by atoms with Crippen molar-refractivity contribution in [2.45, 2.75) is 25.8 Å². The lowest BCUT2D eigenvalue weighted by atomic mass is 10.1. The Balaban J connectivity index is 2.57. The monoisotopic (exact) mass is 239 g/mol. The highest BCUT2D eigenvalue weighted by Crippen LogP contribution is 2.06. The van der Waals surface area contributed by atoms with Crippen molar-refractivity contribution in [2.24, 2.45) is 0 Å². The first-order chi connectivity index (χ1) is 8.30. The van der Waals surface area contributed by atoms with E-state index in [4.69, 9.17) is 9.47 Å². The molecule has 1 heterocycles. The van der Waals surface area contributed by atoms with Gasteiger partial charge in [0, 0.05) is 25.8 Å². The molecule has 1 unspecified atom stereocenters. The zero-order valence-electron chi connectivity index (χ0n) is 10.8. The molecular weight excluding hydrogens is 218 g/mol. The Morgan fingerprint density at radius 2 is 2.18 bits per heavy atom. The van der Waals surface area contributed by atoms with E-state index < -0.39 is 0 Å². The molecule has 0 saturated heterocycles. The van der Waals surface area contributed by atoms with E-state index in [0.717, 1.165) is 25.1 Å². The van der Waals surface area contributed by atoms with Crippen molar-refractivity contribution in [3.63, 3.8) is 0 Å². The van der Waals surface area contributed by atoms with Gasteiger partial charge in [0.1, 0.15) is 0 Å². The van der Waals surface area contributed by atoms with Crippen molar-refractivity contribution in [2.75, 3.05) is 27.4 Å². The Bertz CT molecular complexity index is 320. The van der Waals surface area contributed by atoms with E-state index in [1.807, 2.05) is 0 Å². The minimum absolute atomic E-state index is 0.265. The van der Waals surface area contributed by atoms with Gasteiger partial charge >= 0.3 is 0 Å². The molecule has 1 atom stereocenters. The van der Waals surface area contributed by atoms with E-state index in [1.165, 1.54) is 0 Å². The van der Waals surface area contributed by atoms with Crippen LogP contribution in [0, 0.1) is 0 Å². The second-order valence-electron chi connectivity index (χ2n) is 3.86. The van der Waals surface area contributed by atoms with Crippen LogP contribution in [-0.2, 0) is 11.2 Å². The van der Waals surface area contributed by atoms with Crippen LogP contribution >= 0.6 is 0 Å². The third-order valence-corrected chi connectivity index (χ3v) is 2.38. The number of ether oxygens (including phenoxy) is 2. The van der Waals surface area contributed by atoms with Gasteiger partial charge in [0.2, 0.25) is 5.88 Å². The van der Waals surface area contributed by atoms with E-state index >= 15 is 0 Å². The Kier molecular flexibility index (Phi) is 6.50. The summed E-state index contributed by atoms with van der Waals surface area (Å²) >= 11 is 0. The minimum atomic E-state index is 0.265. The zero-order chi connectivity index (χ0) is 12.5. The molecule has 0 bridgehead atoms. The summed E-state index contributed by atoms with van der Waals surface area (Å²) < 4.78 is 10.2. The predicted molar refractivity (Wildman–Crippen MR) is 66.2 cm³/mol. The van der Waals surface area contributed by atoms with Gasteiger partial charge < -0.3 is 14.8 Å². The van der Waals surface area contributed by atoms with E-state index in [0.29, 0.717) is 12.5 Å². The van der Waals surface area contributed by atoms with Crippen molar-refractivity contribution in [1.29, 1.82) is 0 Å². The molecular formula is C12H21N3O2. The molecule has 5 nitrogen and oxygen atoms in total. The standard InChI is InChI=1S/C12H21N3O2/c1-4-5-14-11(9-16-2)6-10-7-13-8-12(15-10)17-3/h7-8,11,14H,4-6,9H2,1-3H3. The lowest BCUT2D eigenvalue weighted by Crippen LogP contribution is -2.36. The van der Waals surface area contributed by atoms with Crippen LogP contribution in [0.25, 0.3) is 0 Å². The summed E-state index contributed by atoms with van der Waals surface area (Å²) in [6.45, 7) is 3.78. The quantitative estimate of drug-likeness (QED) is 0.734. The maximum Gasteiger partial charge on any atom is 0.232 e. The first kappa shape index (κ1) is 13.9. The summed E-state index contributed by atoms with van der Waals surface area (Å²) in [6.07, 6.45) is 5.26. The van der Waals surface area contributed by atoms with Crippen LogP contribution in [0.1, 0.15) is 19.0 Å². The normalized spacial score (nSPS) is 12.4. The number of rotatable bonds is 8. The van der Waals surface area contributed by atoms with Gasteiger partial charge in [-0.3, -0.25) is 4.98 Å². The van der Waals surface area contributed by atoms with E-state index in [-0.39, 0.29) is 6.04 Å². The van der Waals surface area contributed by atoms with Crippen LogP contribution in [0.4, 0.5) is 0 Å². The molecule has 17 heavy (non-hydrogen) atoms. The second-order valence-corrected chi connectivity index (χ2v) is 3.86. The maximum absolute atomic E-state index is 5.19. The third-order valence-electron chi connectivity index (χ3n) is 2.38. The van der Waals surface area contributed by atoms with Gasteiger partial charge in [-0.15, -0.1) is 0 Å². The van der Waals surface area contributed by atoms with Gasteiger partial charge in [0.15, 0.2) is 0 Å². The lowest BCUT2D eigenvalue weighted by molar-refractivity contribution is 0.165. The SMILES string of the molecule is CCCNC(COC)Cc1cncc(OC)n1. The van der Waals surface area contributed by atoms with Crippen molar-refractivity contribution in [3.8, 4) is 5.88 Å². The number of hydrogen-bond acceptors (Lipinski definition) is 5. The molecule has 1 N–H and O–H groups in total. The predicted octanol–water partition coefficient (Wildman–Crippen LogP) is 1.04. The molecule has 96 valence electrons. The van der Waals surface area contributed by atoms with Gasteiger partial charge in [-0.25, -0.2) is 4.98 Å². The van der Waals surface area contributed by atoms with Crippen LogP contribution in [-0.4, -0.2) is 43.4 Å². The summed E-state index contributed by atoms with van der Waals surface area (Å²) in [5.41, 5.74) is 0.912. The number of methoxy groups -OCH3 is 2. The Morgan fingerprint density at radius 3 is 2.82 bits per heavy atom. The third kappa shape index (κ3) is 5.10. The first-order valence-electron chi connectivity index (χ1n) is 5.87. The summed E-state index contributed by atoms with van der Waals surface area (Å²) in [4.78, 5) is 8.43. The van der Waals surface area contributed by atoms with Gasteiger partial charge in [0.05, 0.1) is 25.6 Å². The molecule has 0 fully saturated rings. The highest BCUT2D eigenvalue weighted by Gasteiger charge is 2.10. The number of hydrogen-bond donors (Lipinski definition) is 1. The summed E-state index contributed by atoms with van der Waals surface area (Å²) in [6, 6.07) is 0.265. The fraction of sp³-hybridized carbons (Fsp3) is 0.667. The Hall–Kier alpha value is -1.20. The van der Waals surface area contributed by atoms with Crippen LogP contribution in [0.2, 0.25) is 0 Å². The second kappa shape index (κ2) is 7.97. The molecule has 0 aliphatic rings. The topological polar surface area (TPSA) is 56.3 Å². The van der Waals surface area contributed by atoms with Gasteiger partial charge in [-0.05, 0) is 13.0 Å². The Morgan fingerprint density at radius 1 is 1.35 bits per heavy atom. The maximum atomic E-state index is 5.19. The molecule has 0 saturated carbocycles. The van der Waals surface area contributed by atoms with Crippen molar-refractivity contribution in [1.82, 2.24) is 15.3 Å². The largest absolute Gasteiger partial charge is 0.480 e. The Labute approximate surface area is 103 Å². The molecule has 1 aromatic heterocycles. The number of nitrogens with one attached hydrogen (secondary N) is 1. The fourth-order valence-corrected chi connectivity index (χ4v) is 1.58. The average molecular weight is 239 g/mol. The van der Waals surface area contributed by atoms with Crippen LogP contribution in [0.15, 0.2) is 12.4 Å². The van der Waals surface area contributed by atoms with Crippen molar-refractivity contribution in [3.05, 3.63) is 18.1 Å². The van der Waals surface area contributed by atoms with Gasteiger partial charge in [-0.1, -0.05) is 6.92 Å². The van der Waals surface area contributed by atoms with Crippen molar-refractivity contribution >= 4 is 0 Å². The molecule has 1 aromatic rings. The molecule has 5 heteroatoms. The summed E-state index contributed by atoms with van der Waals surface area (Å²) in [7, 11) is 3.30. The molecule has 0 radical (unpaired) electrons. The molecule has 0 amide bonds. The van der Waals surface area contributed by atoms with Crippen LogP contribution in [0.5, 0.6) is 5.88 Å². The van der Waals surface area contributed by atoms with E-state index in [1.54, 1.807) is 26.6 Å². The molecule has 1 rings (SSSR count). The molecule has 0 spiro atoms. The molecule has 0 aromatic carbocycles. The zero-order valence-corrected chi connectivity index (χ0v) is 10.8. The molecule has 0 aliphatic carbocycles. The van der Waals surface area contributed by atoms with Crippen LogP contribution in [0.3, 0.4) is 0 Å². The highest BCUT2D eigenvalue weighted by molar-refractivity contribution is 5.09. The smallest absolute Gasteiger partial charge is 0.232 e.